The molecule has 12 heavy (non-hydrogen) atoms. The summed E-state index contributed by atoms with van der Waals surface area (Å²) in [6, 6.07) is 0.673. The van der Waals surface area contributed by atoms with Gasteiger partial charge in [-0.2, -0.15) is 0 Å². The Balaban J connectivity index is 3.62. The van der Waals surface area contributed by atoms with Gasteiger partial charge in [-0.15, -0.1) is 0 Å². The van der Waals surface area contributed by atoms with Crippen LogP contribution in [-0.2, 0) is 0 Å². The highest BCUT2D eigenvalue weighted by atomic mass is 15.2. The Morgan fingerprint density at radius 1 is 1.33 bits per heavy atom. The van der Waals surface area contributed by atoms with Gasteiger partial charge < -0.3 is 5.32 Å². The first-order chi connectivity index (χ1) is 5.76. The first-order valence-corrected chi connectivity index (χ1v) is 5.14. The molecule has 2 heteroatoms. The number of rotatable bonds is 7. The minimum Gasteiger partial charge on any atom is -0.318 e. The van der Waals surface area contributed by atoms with E-state index in [4.69, 9.17) is 0 Å². The molecule has 0 aromatic heterocycles. The second-order valence-electron chi connectivity index (χ2n) is 3.39. The minimum atomic E-state index is 0.673. The molecule has 0 saturated carbocycles. The van der Waals surface area contributed by atoms with E-state index in [1.165, 1.54) is 25.9 Å². The molecule has 0 aliphatic rings. The Kier molecular flexibility index (Phi) is 7.51. The molecule has 0 amide bonds. The van der Waals surface area contributed by atoms with Crippen molar-refractivity contribution in [1.29, 1.82) is 0 Å². The van der Waals surface area contributed by atoms with E-state index in [0.717, 1.165) is 6.54 Å². The monoisotopic (exact) mass is 172 g/mol. The molecule has 1 unspecified atom stereocenters. The molecular formula is C10H24N2. The number of hydrogen-bond donors (Lipinski definition) is 1. The van der Waals surface area contributed by atoms with Crippen molar-refractivity contribution in [3.05, 3.63) is 0 Å². The third kappa shape index (κ3) is 4.73. The number of nitrogens with zero attached hydrogens (tertiary/aromatic N) is 1. The number of hydrogen-bond acceptors (Lipinski definition) is 2. The van der Waals surface area contributed by atoms with E-state index in [1.807, 2.05) is 7.05 Å². The summed E-state index contributed by atoms with van der Waals surface area (Å²) in [6.07, 6.45) is 2.62. The van der Waals surface area contributed by atoms with E-state index in [0.29, 0.717) is 6.04 Å². The molecule has 1 N–H and O–H groups in total. The van der Waals surface area contributed by atoms with E-state index in [9.17, 15) is 0 Å². The van der Waals surface area contributed by atoms with Gasteiger partial charge in [0.1, 0.15) is 0 Å². The molecule has 0 radical (unpaired) electrons. The zero-order chi connectivity index (χ0) is 9.40. The maximum atomic E-state index is 3.22. The highest BCUT2D eigenvalue weighted by Gasteiger charge is 2.09. The quantitative estimate of drug-likeness (QED) is 0.629. The van der Waals surface area contributed by atoms with Crippen LogP contribution in [0.15, 0.2) is 0 Å². The van der Waals surface area contributed by atoms with Crippen LogP contribution >= 0.6 is 0 Å². The van der Waals surface area contributed by atoms with Gasteiger partial charge in [-0.3, -0.25) is 4.90 Å². The van der Waals surface area contributed by atoms with E-state index in [2.05, 4.69) is 31.0 Å². The first kappa shape index (κ1) is 11.9. The average Bonchev–Trinajstić information content (AvgIpc) is 2.06. The van der Waals surface area contributed by atoms with Crippen LogP contribution in [0.5, 0.6) is 0 Å². The molecule has 0 fully saturated rings. The molecule has 74 valence electrons. The Labute approximate surface area is 77.3 Å². The van der Waals surface area contributed by atoms with Crippen LogP contribution < -0.4 is 5.32 Å². The molecular weight excluding hydrogens is 148 g/mol. The highest BCUT2D eigenvalue weighted by Crippen LogP contribution is 2.00. The fourth-order valence-corrected chi connectivity index (χ4v) is 1.48. The molecule has 1 atom stereocenters. The maximum Gasteiger partial charge on any atom is 0.0192 e. The van der Waals surface area contributed by atoms with Gasteiger partial charge in [-0.25, -0.2) is 0 Å². The molecule has 0 aromatic rings. The fraction of sp³-hybridized carbons (Fsp3) is 1.00. The maximum absolute atomic E-state index is 3.22. The van der Waals surface area contributed by atoms with Gasteiger partial charge in [-0.1, -0.05) is 20.3 Å². The smallest absolute Gasteiger partial charge is 0.0192 e. The minimum absolute atomic E-state index is 0.673. The Bertz CT molecular complexity index is 93.8. The lowest BCUT2D eigenvalue weighted by atomic mass is 10.2. The summed E-state index contributed by atoms with van der Waals surface area (Å²) in [7, 11) is 2.02. The fourth-order valence-electron chi connectivity index (χ4n) is 1.48. The van der Waals surface area contributed by atoms with Crippen LogP contribution in [0.25, 0.3) is 0 Å². The van der Waals surface area contributed by atoms with Crippen molar-refractivity contribution in [3.8, 4) is 0 Å². The van der Waals surface area contributed by atoms with Gasteiger partial charge in [-0.05, 0) is 33.5 Å². The van der Waals surface area contributed by atoms with Crippen LogP contribution in [0.1, 0.15) is 33.6 Å². The number of likely N-dealkylation sites (N-methyl/N-ethyl adjacent to an activating group) is 2. The van der Waals surface area contributed by atoms with Crippen molar-refractivity contribution >= 4 is 0 Å². The number of nitrogens with one attached hydrogen (secondary N) is 1. The lowest BCUT2D eigenvalue weighted by molar-refractivity contribution is 0.214. The third-order valence-corrected chi connectivity index (χ3v) is 2.33. The summed E-state index contributed by atoms with van der Waals surface area (Å²) in [6.45, 7) is 10.3. The second-order valence-corrected chi connectivity index (χ2v) is 3.39. The third-order valence-electron chi connectivity index (χ3n) is 2.33. The Hall–Kier alpha value is -0.0800. The molecule has 0 aliphatic heterocycles. The zero-order valence-corrected chi connectivity index (χ0v) is 9.06. The van der Waals surface area contributed by atoms with Crippen LogP contribution in [0.2, 0.25) is 0 Å². The molecule has 0 rings (SSSR count). The predicted molar refractivity (Wildman–Crippen MR) is 55.5 cm³/mol. The molecule has 0 spiro atoms. The summed E-state index contributed by atoms with van der Waals surface area (Å²) < 4.78 is 0. The SMILES string of the molecule is CCCCN(CC)C(C)CNC. The summed E-state index contributed by atoms with van der Waals surface area (Å²) in [5, 5.41) is 3.22. The van der Waals surface area contributed by atoms with Crippen molar-refractivity contribution in [2.75, 3.05) is 26.7 Å². The molecule has 0 saturated heterocycles. The second kappa shape index (κ2) is 7.56. The summed E-state index contributed by atoms with van der Waals surface area (Å²) in [5.41, 5.74) is 0. The van der Waals surface area contributed by atoms with Crippen LogP contribution in [0, 0.1) is 0 Å². The molecule has 0 heterocycles. The van der Waals surface area contributed by atoms with Gasteiger partial charge in [0.15, 0.2) is 0 Å². The van der Waals surface area contributed by atoms with E-state index in [-0.39, 0.29) is 0 Å². The normalized spacial score (nSPS) is 13.8. The van der Waals surface area contributed by atoms with Gasteiger partial charge in [0, 0.05) is 12.6 Å². The summed E-state index contributed by atoms with van der Waals surface area (Å²) in [4.78, 5) is 2.53. The molecule has 2 nitrogen and oxygen atoms in total. The number of unbranched alkanes of at least 4 members (excludes halogenated alkanes) is 1. The topological polar surface area (TPSA) is 15.3 Å². The zero-order valence-electron chi connectivity index (χ0n) is 9.06. The van der Waals surface area contributed by atoms with Crippen LogP contribution in [0.3, 0.4) is 0 Å². The van der Waals surface area contributed by atoms with Crippen molar-refractivity contribution < 1.29 is 0 Å². The van der Waals surface area contributed by atoms with Gasteiger partial charge in [0.05, 0.1) is 0 Å². The predicted octanol–water partition coefficient (Wildman–Crippen LogP) is 1.72. The lowest BCUT2D eigenvalue weighted by Crippen LogP contribution is -2.39. The van der Waals surface area contributed by atoms with E-state index >= 15 is 0 Å². The van der Waals surface area contributed by atoms with Gasteiger partial charge >= 0.3 is 0 Å². The van der Waals surface area contributed by atoms with E-state index in [1.54, 1.807) is 0 Å². The van der Waals surface area contributed by atoms with Crippen LogP contribution in [-0.4, -0.2) is 37.6 Å². The Morgan fingerprint density at radius 2 is 2.00 bits per heavy atom. The standard InChI is InChI=1S/C10H24N2/c1-5-7-8-12(6-2)10(3)9-11-4/h10-11H,5-9H2,1-4H3. The average molecular weight is 172 g/mol. The molecule has 0 aliphatic carbocycles. The van der Waals surface area contributed by atoms with E-state index < -0.39 is 0 Å². The van der Waals surface area contributed by atoms with Gasteiger partial charge in [0.2, 0.25) is 0 Å². The van der Waals surface area contributed by atoms with Crippen molar-refractivity contribution in [2.24, 2.45) is 0 Å². The first-order valence-electron chi connectivity index (χ1n) is 5.14. The summed E-state index contributed by atoms with van der Waals surface area (Å²) >= 11 is 0. The molecule has 0 bridgehead atoms. The molecule has 0 aromatic carbocycles. The lowest BCUT2D eigenvalue weighted by Gasteiger charge is -2.27. The van der Waals surface area contributed by atoms with Crippen molar-refractivity contribution in [2.45, 2.75) is 39.7 Å². The largest absolute Gasteiger partial charge is 0.318 e. The summed E-state index contributed by atoms with van der Waals surface area (Å²) in [5.74, 6) is 0. The van der Waals surface area contributed by atoms with Crippen LogP contribution in [0.4, 0.5) is 0 Å². The van der Waals surface area contributed by atoms with Gasteiger partial charge in [0.25, 0.3) is 0 Å². The highest BCUT2D eigenvalue weighted by molar-refractivity contribution is 4.67. The van der Waals surface area contributed by atoms with Crippen molar-refractivity contribution in [3.63, 3.8) is 0 Å². The van der Waals surface area contributed by atoms with Crippen molar-refractivity contribution in [1.82, 2.24) is 10.2 Å². The Morgan fingerprint density at radius 3 is 2.42 bits per heavy atom.